The Morgan fingerprint density at radius 2 is 2.06 bits per heavy atom. The number of amides is 1. The van der Waals surface area contributed by atoms with E-state index in [4.69, 9.17) is 4.74 Å². The number of esters is 1. The first-order valence-corrected chi connectivity index (χ1v) is 5.35. The fourth-order valence-corrected chi connectivity index (χ4v) is 1.91. The van der Waals surface area contributed by atoms with Gasteiger partial charge in [0.2, 0.25) is 5.91 Å². The van der Waals surface area contributed by atoms with E-state index < -0.39 is 5.97 Å². The Bertz CT molecular complexity index is 465. The van der Waals surface area contributed by atoms with E-state index in [2.05, 4.69) is 5.32 Å². The fourth-order valence-electron chi connectivity index (χ4n) is 1.91. The van der Waals surface area contributed by atoms with Crippen LogP contribution in [0.4, 0.5) is 0 Å². The van der Waals surface area contributed by atoms with Gasteiger partial charge < -0.3 is 10.1 Å². The third-order valence-electron chi connectivity index (χ3n) is 2.78. The van der Waals surface area contributed by atoms with Crippen LogP contribution in [0.1, 0.15) is 17.9 Å². The third-order valence-corrected chi connectivity index (χ3v) is 2.78. The van der Waals surface area contributed by atoms with Crippen LogP contribution in [-0.4, -0.2) is 19.0 Å². The molecule has 1 aromatic carbocycles. The maximum atomic E-state index is 11.6. The van der Waals surface area contributed by atoms with Crippen molar-refractivity contribution in [1.82, 2.24) is 5.32 Å². The molecule has 88 valence electrons. The lowest BCUT2D eigenvalue weighted by Gasteiger charge is -2.22. The number of ether oxygens (including phenoxy) is 1. The molecule has 1 aliphatic heterocycles. The second-order valence-corrected chi connectivity index (χ2v) is 3.83. The summed E-state index contributed by atoms with van der Waals surface area (Å²) in [5.74, 6) is -0.720. The Morgan fingerprint density at radius 3 is 2.71 bits per heavy atom. The van der Waals surface area contributed by atoms with Crippen molar-refractivity contribution in [3.63, 3.8) is 0 Å². The molecular formula is C13H13NO3. The molecule has 0 saturated carbocycles. The number of rotatable bonds is 2. The van der Waals surface area contributed by atoms with Gasteiger partial charge >= 0.3 is 5.97 Å². The summed E-state index contributed by atoms with van der Waals surface area (Å²) in [7, 11) is 1.33. The highest BCUT2D eigenvalue weighted by Gasteiger charge is 2.29. The summed E-state index contributed by atoms with van der Waals surface area (Å²) in [6.07, 6.45) is 1.71. The smallest absolute Gasteiger partial charge is 0.335 e. The molecule has 0 radical (unpaired) electrons. The molecule has 17 heavy (non-hydrogen) atoms. The highest BCUT2D eigenvalue weighted by atomic mass is 16.5. The molecule has 1 amide bonds. The summed E-state index contributed by atoms with van der Waals surface area (Å²) in [5.41, 5.74) is 1.43. The average molecular weight is 231 g/mol. The van der Waals surface area contributed by atoms with E-state index >= 15 is 0 Å². The van der Waals surface area contributed by atoms with Gasteiger partial charge in [-0.3, -0.25) is 4.79 Å². The molecule has 0 saturated heterocycles. The topological polar surface area (TPSA) is 55.4 Å². The largest absolute Gasteiger partial charge is 0.466 e. The molecule has 4 nitrogen and oxygen atoms in total. The Hall–Kier alpha value is -2.10. The van der Waals surface area contributed by atoms with Gasteiger partial charge in [0, 0.05) is 18.5 Å². The lowest BCUT2D eigenvalue weighted by molar-refractivity contribution is -0.136. The van der Waals surface area contributed by atoms with Gasteiger partial charge in [0.05, 0.1) is 12.7 Å². The SMILES string of the molecule is COC(=O)C1=CNC(=O)CC1c1ccccc1. The van der Waals surface area contributed by atoms with E-state index in [1.165, 1.54) is 13.3 Å². The van der Waals surface area contributed by atoms with Crippen molar-refractivity contribution in [3.8, 4) is 0 Å². The van der Waals surface area contributed by atoms with Crippen molar-refractivity contribution >= 4 is 11.9 Å². The van der Waals surface area contributed by atoms with Gasteiger partial charge in [-0.25, -0.2) is 4.79 Å². The third kappa shape index (κ3) is 2.36. The predicted octanol–water partition coefficient (Wildman–Crippen LogP) is 1.35. The molecule has 0 aliphatic carbocycles. The number of nitrogens with one attached hydrogen (secondary N) is 1. The van der Waals surface area contributed by atoms with Crippen molar-refractivity contribution in [2.75, 3.05) is 7.11 Å². The van der Waals surface area contributed by atoms with Crippen molar-refractivity contribution in [3.05, 3.63) is 47.7 Å². The molecule has 0 fully saturated rings. The van der Waals surface area contributed by atoms with Crippen molar-refractivity contribution < 1.29 is 14.3 Å². The minimum atomic E-state index is -0.404. The number of hydrogen-bond donors (Lipinski definition) is 1. The zero-order valence-corrected chi connectivity index (χ0v) is 9.47. The monoisotopic (exact) mass is 231 g/mol. The molecule has 1 N–H and O–H groups in total. The Balaban J connectivity index is 2.36. The second-order valence-electron chi connectivity index (χ2n) is 3.83. The molecule has 1 aromatic rings. The first-order chi connectivity index (χ1) is 8.22. The van der Waals surface area contributed by atoms with Crippen LogP contribution in [0.5, 0.6) is 0 Å². The number of carbonyl (C=O) groups is 2. The molecule has 4 heteroatoms. The van der Waals surface area contributed by atoms with Crippen LogP contribution in [0.25, 0.3) is 0 Å². The van der Waals surface area contributed by atoms with Crippen molar-refractivity contribution in [1.29, 1.82) is 0 Å². The highest BCUT2D eigenvalue weighted by Crippen LogP contribution is 2.30. The van der Waals surface area contributed by atoms with Gasteiger partial charge in [-0.15, -0.1) is 0 Å². The summed E-state index contributed by atoms with van der Waals surface area (Å²) in [4.78, 5) is 23.0. The van der Waals surface area contributed by atoms with Gasteiger partial charge in [-0.05, 0) is 5.56 Å². The number of hydrogen-bond acceptors (Lipinski definition) is 3. The minimum Gasteiger partial charge on any atom is -0.466 e. The van der Waals surface area contributed by atoms with Crippen LogP contribution in [0.2, 0.25) is 0 Å². The van der Waals surface area contributed by atoms with Crippen LogP contribution < -0.4 is 5.32 Å². The summed E-state index contributed by atoms with van der Waals surface area (Å²) < 4.78 is 4.72. The van der Waals surface area contributed by atoms with E-state index in [0.29, 0.717) is 5.57 Å². The van der Waals surface area contributed by atoms with Crippen LogP contribution >= 0.6 is 0 Å². The van der Waals surface area contributed by atoms with Crippen molar-refractivity contribution in [2.24, 2.45) is 0 Å². The fraction of sp³-hybridized carbons (Fsp3) is 0.231. The lowest BCUT2D eigenvalue weighted by Crippen LogP contribution is -2.30. The summed E-state index contributed by atoms with van der Waals surface area (Å²) >= 11 is 0. The van der Waals surface area contributed by atoms with Crippen LogP contribution in [0.15, 0.2) is 42.1 Å². The van der Waals surface area contributed by atoms with Crippen LogP contribution in [0.3, 0.4) is 0 Å². The number of methoxy groups -OCH3 is 1. The van der Waals surface area contributed by atoms with Gasteiger partial charge in [-0.1, -0.05) is 30.3 Å². The summed E-state index contributed by atoms with van der Waals surface area (Å²) in [5, 5.41) is 2.55. The molecule has 1 unspecified atom stereocenters. The van der Waals surface area contributed by atoms with E-state index in [9.17, 15) is 9.59 Å². The molecular weight excluding hydrogens is 218 g/mol. The summed E-state index contributed by atoms with van der Waals surface area (Å²) in [6.45, 7) is 0. The predicted molar refractivity (Wildman–Crippen MR) is 62.0 cm³/mol. The first kappa shape index (κ1) is 11.4. The van der Waals surface area contributed by atoms with Gasteiger partial charge in [0.25, 0.3) is 0 Å². The second kappa shape index (κ2) is 4.82. The van der Waals surface area contributed by atoms with Crippen LogP contribution in [0, 0.1) is 0 Å². The quantitative estimate of drug-likeness (QED) is 0.781. The first-order valence-electron chi connectivity index (χ1n) is 5.35. The standard InChI is InChI=1S/C13H13NO3/c1-17-13(16)11-8-14-12(15)7-10(11)9-5-3-2-4-6-9/h2-6,8,10H,7H2,1H3,(H,14,15). The number of benzene rings is 1. The average Bonchev–Trinajstić information content (AvgIpc) is 2.39. The van der Waals surface area contributed by atoms with E-state index in [1.54, 1.807) is 0 Å². The molecule has 1 aliphatic rings. The zero-order chi connectivity index (χ0) is 12.3. The molecule has 1 atom stereocenters. The van der Waals surface area contributed by atoms with Crippen molar-refractivity contribution in [2.45, 2.75) is 12.3 Å². The Labute approximate surface area is 99.3 Å². The van der Waals surface area contributed by atoms with E-state index in [1.807, 2.05) is 30.3 Å². The van der Waals surface area contributed by atoms with Gasteiger partial charge in [-0.2, -0.15) is 0 Å². The minimum absolute atomic E-state index is 0.0912. The number of carbonyl (C=O) groups excluding carboxylic acids is 2. The molecule has 2 rings (SSSR count). The van der Waals surface area contributed by atoms with Gasteiger partial charge in [0.1, 0.15) is 0 Å². The van der Waals surface area contributed by atoms with E-state index in [0.717, 1.165) is 5.56 Å². The van der Waals surface area contributed by atoms with Crippen LogP contribution in [-0.2, 0) is 14.3 Å². The molecule has 0 bridgehead atoms. The lowest BCUT2D eigenvalue weighted by atomic mass is 9.86. The van der Waals surface area contributed by atoms with E-state index in [-0.39, 0.29) is 18.2 Å². The molecule has 0 aromatic heterocycles. The normalized spacial score (nSPS) is 19.2. The zero-order valence-electron chi connectivity index (χ0n) is 9.47. The maximum absolute atomic E-state index is 11.6. The molecule has 0 spiro atoms. The highest BCUT2D eigenvalue weighted by molar-refractivity contribution is 5.94. The Morgan fingerprint density at radius 1 is 1.35 bits per heavy atom. The molecule has 1 heterocycles. The maximum Gasteiger partial charge on any atom is 0.335 e. The summed E-state index contributed by atoms with van der Waals surface area (Å²) in [6, 6.07) is 9.47. The Kier molecular flexibility index (Phi) is 3.23. The van der Waals surface area contributed by atoms with Gasteiger partial charge in [0.15, 0.2) is 0 Å².